The number of carbonyl (C=O) groups is 1. The van der Waals surface area contributed by atoms with E-state index >= 15 is 0 Å². The third-order valence-corrected chi connectivity index (χ3v) is 5.02. The van der Waals surface area contributed by atoms with Crippen LogP contribution in [0, 0.1) is 17.3 Å². The maximum atomic E-state index is 11.7. The average Bonchev–Trinajstić information content (AvgIpc) is 2.82. The van der Waals surface area contributed by atoms with Crippen LogP contribution in [-0.4, -0.2) is 16.1 Å². The van der Waals surface area contributed by atoms with Gasteiger partial charge in [-0.2, -0.15) is 0 Å². The van der Waals surface area contributed by atoms with Crippen LogP contribution >= 0.6 is 11.3 Å². The summed E-state index contributed by atoms with van der Waals surface area (Å²) in [5.74, 6) is 0.710. The molecule has 18 heavy (non-hydrogen) atoms. The van der Waals surface area contributed by atoms with E-state index in [1.54, 1.807) is 5.51 Å². The number of carboxylic acids is 1. The predicted octanol–water partition coefficient (Wildman–Crippen LogP) is 3.60. The summed E-state index contributed by atoms with van der Waals surface area (Å²) in [7, 11) is 0. The fraction of sp³-hybridized carbons (Fsp3) is 0.714. The van der Waals surface area contributed by atoms with Crippen molar-refractivity contribution < 1.29 is 9.90 Å². The fourth-order valence-corrected chi connectivity index (χ4v) is 3.56. The molecule has 0 amide bonds. The van der Waals surface area contributed by atoms with Crippen molar-refractivity contribution >= 4 is 17.3 Å². The van der Waals surface area contributed by atoms with Crippen LogP contribution in [0.15, 0.2) is 10.9 Å². The SMILES string of the molecule is CC(C)C1CCC(Cc2cscn2)(C(=O)O)CC1. The Morgan fingerprint density at radius 2 is 2.22 bits per heavy atom. The molecule has 0 aliphatic heterocycles. The van der Waals surface area contributed by atoms with Gasteiger partial charge in [0.2, 0.25) is 0 Å². The standard InChI is InChI=1S/C14H21NO2S/c1-10(2)11-3-5-14(6-4-11,13(16)17)7-12-8-18-9-15-12/h8-11H,3-7H2,1-2H3,(H,16,17). The van der Waals surface area contributed by atoms with Gasteiger partial charge in [0.1, 0.15) is 0 Å². The van der Waals surface area contributed by atoms with E-state index in [2.05, 4.69) is 18.8 Å². The Morgan fingerprint density at radius 1 is 1.56 bits per heavy atom. The lowest BCUT2D eigenvalue weighted by atomic mass is 9.66. The number of nitrogens with zero attached hydrogens (tertiary/aromatic N) is 1. The van der Waals surface area contributed by atoms with Gasteiger partial charge in [-0.25, -0.2) is 4.98 Å². The van der Waals surface area contributed by atoms with E-state index in [1.165, 1.54) is 11.3 Å². The summed E-state index contributed by atoms with van der Waals surface area (Å²) in [6.07, 6.45) is 4.25. The molecule has 0 unspecified atom stereocenters. The van der Waals surface area contributed by atoms with E-state index in [1.807, 2.05) is 5.38 Å². The summed E-state index contributed by atoms with van der Waals surface area (Å²) in [4.78, 5) is 15.9. The van der Waals surface area contributed by atoms with Gasteiger partial charge in [-0.05, 0) is 37.5 Å². The number of hydrogen-bond acceptors (Lipinski definition) is 3. The number of rotatable bonds is 4. The lowest BCUT2D eigenvalue weighted by Gasteiger charge is -2.38. The van der Waals surface area contributed by atoms with Crippen molar-refractivity contribution in [2.75, 3.05) is 0 Å². The first kappa shape index (κ1) is 13.5. The number of hydrogen-bond donors (Lipinski definition) is 1. The Balaban J connectivity index is 2.08. The number of aromatic nitrogens is 1. The molecule has 0 radical (unpaired) electrons. The zero-order valence-corrected chi connectivity index (χ0v) is 11.9. The van der Waals surface area contributed by atoms with E-state index in [4.69, 9.17) is 0 Å². The van der Waals surface area contributed by atoms with Gasteiger partial charge in [0, 0.05) is 11.8 Å². The highest BCUT2D eigenvalue weighted by Crippen LogP contribution is 2.43. The van der Waals surface area contributed by atoms with Crippen molar-refractivity contribution in [2.45, 2.75) is 46.0 Å². The Labute approximate surface area is 112 Å². The minimum Gasteiger partial charge on any atom is -0.481 e. The maximum absolute atomic E-state index is 11.7. The summed E-state index contributed by atoms with van der Waals surface area (Å²) in [6.45, 7) is 4.47. The van der Waals surface area contributed by atoms with Gasteiger partial charge < -0.3 is 5.11 Å². The third kappa shape index (κ3) is 2.74. The zero-order chi connectivity index (χ0) is 13.2. The Hall–Kier alpha value is -0.900. The van der Waals surface area contributed by atoms with Crippen LogP contribution in [0.25, 0.3) is 0 Å². The van der Waals surface area contributed by atoms with Crippen molar-refractivity contribution in [1.29, 1.82) is 0 Å². The highest BCUT2D eigenvalue weighted by Gasteiger charge is 2.42. The van der Waals surface area contributed by atoms with E-state index in [0.29, 0.717) is 18.3 Å². The molecular formula is C14H21NO2S. The van der Waals surface area contributed by atoms with E-state index < -0.39 is 11.4 Å². The second-order valence-electron chi connectivity index (χ2n) is 5.82. The van der Waals surface area contributed by atoms with Gasteiger partial charge in [0.05, 0.1) is 16.6 Å². The molecule has 1 N–H and O–H groups in total. The summed E-state index contributed by atoms with van der Waals surface area (Å²) in [5, 5.41) is 11.6. The lowest BCUT2D eigenvalue weighted by Crippen LogP contribution is -2.38. The molecule has 1 fully saturated rings. The van der Waals surface area contributed by atoms with Gasteiger partial charge in [0.15, 0.2) is 0 Å². The summed E-state index contributed by atoms with van der Waals surface area (Å²) in [6, 6.07) is 0. The Kier molecular flexibility index (Phi) is 4.05. The number of aliphatic carboxylic acids is 1. The third-order valence-electron chi connectivity index (χ3n) is 4.39. The molecule has 1 aromatic heterocycles. The molecule has 0 atom stereocenters. The fourth-order valence-electron chi connectivity index (χ4n) is 3.00. The summed E-state index contributed by atoms with van der Waals surface area (Å²) < 4.78 is 0. The van der Waals surface area contributed by atoms with Gasteiger partial charge in [0.25, 0.3) is 0 Å². The first-order valence-corrected chi connectivity index (χ1v) is 7.58. The van der Waals surface area contributed by atoms with E-state index in [-0.39, 0.29) is 0 Å². The predicted molar refractivity (Wildman–Crippen MR) is 72.7 cm³/mol. The first-order chi connectivity index (χ1) is 8.53. The quantitative estimate of drug-likeness (QED) is 0.906. The van der Waals surface area contributed by atoms with Crippen LogP contribution in [-0.2, 0) is 11.2 Å². The second kappa shape index (κ2) is 5.39. The molecule has 2 rings (SSSR count). The number of carboxylic acid groups (broad SMARTS) is 1. The van der Waals surface area contributed by atoms with Crippen LogP contribution in [0.3, 0.4) is 0 Å². The molecule has 0 spiro atoms. The van der Waals surface area contributed by atoms with Gasteiger partial charge >= 0.3 is 5.97 Å². The molecule has 0 bridgehead atoms. The van der Waals surface area contributed by atoms with E-state index in [0.717, 1.165) is 31.4 Å². The molecule has 0 saturated heterocycles. The van der Waals surface area contributed by atoms with Gasteiger partial charge in [-0.15, -0.1) is 11.3 Å². The smallest absolute Gasteiger partial charge is 0.310 e. The van der Waals surface area contributed by atoms with Crippen molar-refractivity contribution in [3.05, 3.63) is 16.6 Å². The van der Waals surface area contributed by atoms with Crippen LogP contribution in [0.2, 0.25) is 0 Å². The molecule has 3 nitrogen and oxygen atoms in total. The first-order valence-electron chi connectivity index (χ1n) is 6.64. The molecule has 1 aliphatic carbocycles. The summed E-state index contributed by atoms with van der Waals surface area (Å²) >= 11 is 1.54. The van der Waals surface area contributed by atoms with Crippen LogP contribution in [0.5, 0.6) is 0 Å². The van der Waals surface area contributed by atoms with Crippen molar-refractivity contribution in [3.8, 4) is 0 Å². The highest BCUT2D eigenvalue weighted by molar-refractivity contribution is 7.07. The lowest BCUT2D eigenvalue weighted by molar-refractivity contribution is -0.152. The zero-order valence-electron chi connectivity index (χ0n) is 11.1. The monoisotopic (exact) mass is 267 g/mol. The van der Waals surface area contributed by atoms with E-state index in [9.17, 15) is 9.90 Å². The Bertz CT molecular complexity index is 392. The second-order valence-corrected chi connectivity index (χ2v) is 6.54. The topological polar surface area (TPSA) is 50.2 Å². The minimum absolute atomic E-state index is 0.570. The molecule has 1 aliphatic rings. The molecule has 1 aromatic rings. The molecule has 1 heterocycles. The Morgan fingerprint density at radius 3 is 2.67 bits per heavy atom. The van der Waals surface area contributed by atoms with Crippen molar-refractivity contribution in [2.24, 2.45) is 17.3 Å². The van der Waals surface area contributed by atoms with Gasteiger partial charge in [-0.3, -0.25) is 4.79 Å². The van der Waals surface area contributed by atoms with Crippen LogP contribution < -0.4 is 0 Å². The molecule has 1 saturated carbocycles. The maximum Gasteiger partial charge on any atom is 0.310 e. The number of thiazole rings is 1. The highest BCUT2D eigenvalue weighted by atomic mass is 32.1. The largest absolute Gasteiger partial charge is 0.481 e. The summed E-state index contributed by atoms with van der Waals surface area (Å²) in [5.41, 5.74) is 2.15. The average molecular weight is 267 g/mol. The normalized spacial score (nSPS) is 28.5. The molecule has 0 aromatic carbocycles. The van der Waals surface area contributed by atoms with Crippen molar-refractivity contribution in [3.63, 3.8) is 0 Å². The van der Waals surface area contributed by atoms with Crippen molar-refractivity contribution in [1.82, 2.24) is 4.98 Å². The van der Waals surface area contributed by atoms with Gasteiger partial charge in [-0.1, -0.05) is 13.8 Å². The molecule has 100 valence electrons. The molecular weight excluding hydrogens is 246 g/mol. The minimum atomic E-state index is -0.641. The van der Waals surface area contributed by atoms with Crippen LogP contribution in [0.1, 0.15) is 45.2 Å². The molecule has 4 heteroatoms. The van der Waals surface area contributed by atoms with Crippen LogP contribution in [0.4, 0.5) is 0 Å².